The lowest BCUT2D eigenvalue weighted by Gasteiger charge is -2.27. The molecule has 0 aromatic carbocycles. The maximum atomic E-state index is 12.3. The van der Waals surface area contributed by atoms with Crippen molar-refractivity contribution in [3.8, 4) is 0 Å². The number of hydrogen-bond acceptors (Lipinski definition) is 5. The van der Waals surface area contributed by atoms with Crippen molar-refractivity contribution in [2.45, 2.75) is 65.2 Å². The Morgan fingerprint density at radius 2 is 1.68 bits per heavy atom. The molecule has 0 heterocycles. The first-order valence-corrected chi connectivity index (χ1v) is 12.4. The Kier molecular flexibility index (Phi) is 12.5. The van der Waals surface area contributed by atoms with Gasteiger partial charge >= 0.3 is 7.82 Å². The molecule has 0 saturated heterocycles. The molecule has 0 aromatic heterocycles. The molecular weight excluding hydrogens is 419 g/mol. The molecule has 1 aliphatic carbocycles. The van der Waals surface area contributed by atoms with E-state index < -0.39 is 7.82 Å². The highest BCUT2D eigenvalue weighted by Crippen LogP contribution is 2.45. The minimum absolute atomic E-state index is 0.000390. The number of amides is 2. The quantitative estimate of drug-likeness (QED) is 0.155. The third kappa shape index (κ3) is 11.3. The molecule has 1 atom stereocenters. The van der Waals surface area contributed by atoms with Crippen molar-refractivity contribution in [2.75, 3.05) is 13.2 Å². The SMILES string of the molecule is C=C/C(=C\C)NC(=O)C1CCC(C(=O)NCCCCCCOP(=O)(O)OC(=C)C)CC1. The fraction of sp³-hybridized carbons (Fsp3) is 0.636. The van der Waals surface area contributed by atoms with Gasteiger partial charge in [0, 0.05) is 24.1 Å². The number of phosphoric ester groups is 1. The van der Waals surface area contributed by atoms with Crippen LogP contribution >= 0.6 is 7.82 Å². The van der Waals surface area contributed by atoms with E-state index in [1.165, 1.54) is 6.92 Å². The molecule has 1 rings (SSSR count). The number of nitrogens with one attached hydrogen (secondary N) is 2. The largest absolute Gasteiger partial charge is 0.527 e. The molecule has 0 spiro atoms. The van der Waals surface area contributed by atoms with Gasteiger partial charge in [0.2, 0.25) is 11.8 Å². The summed E-state index contributed by atoms with van der Waals surface area (Å²) in [6, 6.07) is 0. The number of phosphoric acid groups is 1. The second-order valence-electron chi connectivity index (χ2n) is 7.79. The number of carbonyl (C=O) groups excluding carboxylic acids is 2. The van der Waals surface area contributed by atoms with Crippen LogP contribution in [0.5, 0.6) is 0 Å². The predicted molar refractivity (Wildman–Crippen MR) is 121 cm³/mol. The number of rotatable bonds is 14. The third-order valence-electron chi connectivity index (χ3n) is 5.16. The molecule has 0 aliphatic heterocycles. The molecule has 0 radical (unpaired) electrons. The van der Waals surface area contributed by atoms with Crippen LogP contribution in [0.3, 0.4) is 0 Å². The van der Waals surface area contributed by atoms with Gasteiger partial charge < -0.3 is 15.2 Å². The van der Waals surface area contributed by atoms with Gasteiger partial charge in [0.25, 0.3) is 0 Å². The Morgan fingerprint density at radius 1 is 1.10 bits per heavy atom. The smallest absolute Gasteiger partial charge is 0.410 e. The Hall–Kier alpha value is -1.89. The van der Waals surface area contributed by atoms with Crippen molar-refractivity contribution in [1.29, 1.82) is 0 Å². The van der Waals surface area contributed by atoms with Crippen LogP contribution in [0.2, 0.25) is 0 Å². The van der Waals surface area contributed by atoms with E-state index in [1.54, 1.807) is 12.2 Å². The van der Waals surface area contributed by atoms with E-state index in [0.717, 1.165) is 19.3 Å². The molecular formula is C22H37N2O6P. The van der Waals surface area contributed by atoms with Gasteiger partial charge in [0.15, 0.2) is 0 Å². The summed E-state index contributed by atoms with van der Waals surface area (Å²) < 4.78 is 21.0. The molecule has 3 N–H and O–H groups in total. The molecule has 0 bridgehead atoms. The van der Waals surface area contributed by atoms with Crippen LogP contribution in [0, 0.1) is 11.8 Å². The van der Waals surface area contributed by atoms with Crippen LogP contribution in [0.25, 0.3) is 0 Å². The zero-order chi connectivity index (χ0) is 23.3. The topological polar surface area (TPSA) is 114 Å². The number of carbonyl (C=O) groups is 2. The van der Waals surface area contributed by atoms with Gasteiger partial charge in [-0.15, -0.1) is 0 Å². The molecule has 9 heteroatoms. The summed E-state index contributed by atoms with van der Waals surface area (Å²) in [5, 5.41) is 5.84. The van der Waals surface area contributed by atoms with Gasteiger partial charge in [0.1, 0.15) is 0 Å². The number of allylic oxidation sites excluding steroid dienone is 3. The van der Waals surface area contributed by atoms with Crippen molar-refractivity contribution in [3.05, 3.63) is 36.8 Å². The summed E-state index contributed by atoms with van der Waals surface area (Å²) in [6.45, 7) is 11.1. The van der Waals surface area contributed by atoms with Crippen molar-refractivity contribution in [1.82, 2.24) is 10.6 Å². The highest BCUT2D eigenvalue weighted by Gasteiger charge is 2.29. The summed E-state index contributed by atoms with van der Waals surface area (Å²) in [6.07, 6.45) is 9.44. The molecule has 1 unspecified atom stereocenters. The van der Waals surface area contributed by atoms with E-state index >= 15 is 0 Å². The molecule has 1 aliphatic rings. The van der Waals surface area contributed by atoms with Crippen LogP contribution in [0.4, 0.5) is 0 Å². The minimum atomic E-state index is -4.05. The van der Waals surface area contributed by atoms with Crippen LogP contribution in [0.1, 0.15) is 65.2 Å². The average Bonchev–Trinajstić information content (AvgIpc) is 2.72. The zero-order valence-electron chi connectivity index (χ0n) is 18.7. The van der Waals surface area contributed by atoms with Gasteiger partial charge in [-0.1, -0.05) is 32.1 Å². The Labute approximate surface area is 185 Å². The first-order valence-electron chi connectivity index (χ1n) is 10.9. The molecule has 31 heavy (non-hydrogen) atoms. The fourth-order valence-electron chi connectivity index (χ4n) is 3.44. The summed E-state index contributed by atoms with van der Waals surface area (Å²) in [5.74, 6) is 0.0928. The maximum absolute atomic E-state index is 12.3. The van der Waals surface area contributed by atoms with Crippen LogP contribution in [-0.2, 0) is 23.2 Å². The lowest BCUT2D eigenvalue weighted by molar-refractivity contribution is -0.130. The number of hydrogen-bond donors (Lipinski definition) is 3. The van der Waals surface area contributed by atoms with Crippen molar-refractivity contribution >= 4 is 19.6 Å². The zero-order valence-corrected chi connectivity index (χ0v) is 19.6. The van der Waals surface area contributed by atoms with Gasteiger partial charge in [0.05, 0.1) is 12.4 Å². The highest BCUT2D eigenvalue weighted by atomic mass is 31.2. The van der Waals surface area contributed by atoms with E-state index in [1.807, 2.05) is 6.92 Å². The Bertz CT molecular complexity index is 698. The monoisotopic (exact) mass is 456 g/mol. The van der Waals surface area contributed by atoms with Gasteiger partial charge in [-0.25, -0.2) is 4.57 Å². The molecule has 1 saturated carbocycles. The van der Waals surface area contributed by atoms with Gasteiger partial charge in [-0.05, 0) is 58.4 Å². The average molecular weight is 457 g/mol. The van der Waals surface area contributed by atoms with Crippen molar-refractivity contribution < 1.29 is 28.1 Å². The standard InChI is InChI=1S/C22H37N2O6P/c1-5-20(6-2)24-22(26)19-13-11-18(12-14-19)21(25)23-15-9-7-8-10-16-29-31(27,28)30-17(3)4/h5-6,18-19H,1,3,7-16H2,2,4H3,(H,23,25)(H,24,26)(H,27,28)/b20-6+. The van der Waals surface area contributed by atoms with Crippen molar-refractivity contribution in [2.24, 2.45) is 11.8 Å². The lowest BCUT2D eigenvalue weighted by Crippen LogP contribution is -2.37. The van der Waals surface area contributed by atoms with Gasteiger partial charge in [-0.2, -0.15) is 0 Å². The fourth-order valence-corrected chi connectivity index (χ4v) is 4.25. The second-order valence-corrected chi connectivity index (χ2v) is 9.16. The Morgan fingerprint density at radius 3 is 2.23 bits per heavy atom. The van der Waals surface area contributed by atoms with Gasteiger partial charge in [-0.3, -0.25) is 19.0 Å². The summed E-state index contributed by atoms with van der Waals surface area (Å²) in [5.41, 5.74) is 0.710. The first-order chi connectivity index (χ1) is 14.7. The normalized spacial score (nSPS) is 20.9. The first kappa shape index (κ1) is 27.1. The van der Waals surface area contributed by atoms with E-state index in [2.05, 4.69) is 28.3 Å². The molecule has 2 amide bonds. The molecule has 176 valence electrons. The molecule has 1 fully saturated rings. The van der Waals surface area contributed by atoms with E-state index in [9.17, 15) is 19.0 Å². The highest BCUT2D eigenvalue weighted by molar-refractivity contribution is 7.47. The third-order valence-corrected chi connectivity index (χ3v) is 6.21. The molecule has 0 aromatic rings. The minimum Gasteiger partial charge on any atom is -0.410 e. The van der Waals surface area contributed by atoms with E-state index in [0.29, 0.717) is 44.3 Å². The van der Waals surface area contributed by atoms with Crippen LogP contribution in [-0.4, -0.2) is 29.9 Å². The maximum Gasteiger partial charge on any atom is 0.527 e. The van der Waals surface area contributed by atoms with Crippen LogP contribution < -0.4 is 10.6 Å². The Balaban J connectivity index is 2.12. The summed E-state index contributed by atoms with van der Waals surface area (Å²) in [4.78, 5) is 34.0. The van der Waals surface area contributed by atoms with Crippen molar-refractivity contribution in [3.63, 3.8) is 0 Å². The van der Waals surface area contributed by atoms with E-state index in [-0.39, 0.29) is 36.0 Å². The molecule has 8 nitrogen and oxygen atoms in total. The lowest BCUT2D eigenvalue weighted by atomic mass is 9.81. The van der Waals surface area contributed by atoms with Crippen LogP contribution in [0.15, 0.2) is 36.8 Å². The number of unbranched alkanes of at least 4 members (excludes halogenated alkanes) is 3. The van der Waals surface area contributed by atoms with E-state index in [4.69, 9.17) is 4.52 Å². The summed E-state index contributed by atoms with van der Waals surface area (Å²) >= 11 is 0. The predicted octanol–water partition coefficient (Wildman–Crippen LogP) is 4.34. The second kappa shape index (κ2) is 14.2. The summed E-state index contributed by atoms with van der Waals surface area (Å²) in [7, 11) is -4.05.